The van der Waals surface area contributed by atoms with Crippen molar-refractivity contribution in [3.8, 4) is 0 Å². The molecule has 5 atom stereocenters. The molecule has 2 fully saturated rings. The maximum absolute atomic E-state index is 13.4. The monoisotopic (exact) mass is 387 g/mol. The van der Waals surface area contributed by atoms with Crippen LogP contribution in [0.2, 0.25) is 0 Å². The second kappa shape index (κ2) is 6.63. The summed E-state index contributed by atoms with van der Waals surface area (Å²) in [4.78, 5) is 41.2. The van der Waals surface area contributed by atoms with Crippen LogP contribution >= 0.6 is 11.8 Å². The van der Waals surface area contributed by atoms with Crippen molar-refractivity contribution >= 4 is 35.2 Å². The first-order valence-corrected chi connectivity index (χ1v) is 10.9. The number of likely N-dealkylation sites (tertiary alicyclic amines) is 1. The van der Waals surface area contributed by atoms with Crippen LogP contribution in [-0.4, -0.2) is 46.7 Å². The number of para-hydroxylation sites is 1. The van der Waals surface area contributed by atoms with Crippen molar-refractivity contribution in [1.29, 1.82) is 0 Å². The lowest BCUT2D eigenvalue weighted by Gasteiger charge is -2.31. The number of nitrogens with one attached hydrogen (secondary N) is 2. The molecule has 6 nitrogen and oxygen atoms in total. The van der Waals surface area contributed by atoms with Crippen LogP contribution in [0.3, 0.4) is 0 Å². The fraction of sp³-hybridized carbons (Fsp3) is 0.550. The van der Waals surface area contributed by atoms with E-state index < -0.39 is 17.4 Å². The molecule has 2 saturated heterocycles. The third-order valence-corrected chi connectivity index (χ3v) is 6.97. The maximum atomic E-state index is 13.4. The number of nitrogens with zero attached hydrogens (tertiary/aromatic N) is 1. The van der Waals surface area contributed by atoms with Gasteiger partial charge in [-0.25, -0.2) is 0 Å². The molecule has 1 spiro atoms. The third-order valence-electron chi connectivity index (χ3n) is 6.32. The summed E-state index contributed by atoms with van der Waals surface area (Å²) in [7, 11) is 0. The van der Waals surface area contributed by atoms with Crippen molar-refractivity contribution in [2.75, 3.05) is 17.3 Å². The Bertz CT molecular complexity index is 813. The molecule has 7 heteroatoms. The van der Waals surface area contributed by atoms with Gasteiger partial charge in [0.15, 0.2) is 0 Å². The molecular weight excluding hydrogens is 362 g/mol. The molecular formula is C20H25N3O3S. The standard InChI is InChI=1S/C20H25N3O3S/c1-4-11(2)23-17(24)15-14(9-10-27-3)22-20(16(15)18(23)25)12-7-5-6-8-13(12)21-19(20)26/h5-8,11,14-16,22H,4,9-10H2,1-3H3,(H,21,26)/t11-,14-,15+,16-,20-/m0/s1. The molecule has 27 heavy (non-hydrogen) atoms. The normalized spacial score (nSPS) is 32.8. The molecule has 3 heterocycles. The molecule has 0 unspecified atom stereocenters. The number of carbonyl (C=O) groups excluding carboxylic acids is 3. The van der Waals surface area contributed by atoms with E-state index in [2.05, 4.69) is 10.6 Å². The van der Waals surface area contributed by atoms with Crippen molar-refractivity contribution in [2.24, 2.45) is 11.8 Å². The number of amides is 3. The quantitative estimate of drug-likeness (QED) is 0.755. The van der Waals surface area contributed by atoms with Crippen LogP contribution in [0.5, 0.6) is 0 Å². The van der Waals surface area contributed by atoms with Crippen LogP contribution in [0.4, 0.5) is 5.69 Å². The smallest absolute Gasteiger partial charge is 0.250 e. The van der Waals surface area contributed by atoms with Gasteiger partial charge < -0.3 is 5.32 Å². The van der Waals surface area contributed by atoms with Crippen molar-refractivity contribution in [3.05, 3.63) is 29.8 Å². The number of hydrogen-bond acceptors (Lipinski definition) is 5. The van der Waals surface area contributed by atoms with Gasteiger partial charge in [0.05, 0.1) is 11.8 Å². The topological polar surface area (TPSA) is 78.5 Å². The number of fused-ring (bicyclic) bond motifs is 4. The molecule has 144 valence electrons. The van der Waals surface area contributed by atoms with Crippen LogP contribution in [0, 0.1) is 11.8 Å². The van der Waals surface area contributed by atoms with E-state index in [-0.39, 0.29) is 29.8 Å². The minimum Gasteiger partial charge on any atom is -0.324 e. The lowest BCUT2D eigenvalue weighted by molar-refractivity contribution is -0.145. The first-order chi connectivity index (χ1) is 13.0. The van der Waals surface area contributed by atoms with Gasteiger partial charge in [-0.05, 0) is 37.8 Å². The van der Waals surface area contributed by atoms with Gasteiger partial charge in [-0.15, -0.1) is 0 Å². The van der Waals surface area contributed by atoms with Crippen LogP contribution in [0.15, 0.2) is 24.3 Å². The fourth-order valence-electron chi connectivity index (χ4n) is 4.89. The molecule has 1 aromatic rings. The Kier molecular flexibility index (Phi) is 4.55. The predicted molar refractivity (Wildman–Crippen MR) is 105 cm³/mol. The van der Waals surface area contributed by atoms with Crippen LogP contribution in [0.1, 0.15) is 32.3 Å². The molecule has 0 bridgehead atoms. The summed E-state index contributed by atoms with van der Waals surface area (Å²) in [6.45, 7) is 3.87. The Morgan fingerprint density at radius 1 is 1.22 bits per heavy atom. The van der Waals surface area contributed by atoms with Crippen LogP contribution in [0.25, 0.3) is 0 Å². The second-order valence-electron chi connectivity index (χ2n) is 7.65. The first-order valence-electron chi connectivity index (χ1n) is 9.51. The van der Waals surface area contributed by atoms with E-state index >= 15 is 0 Å². The lowest BCUT2D eigenvalue weighted by Crippen LogP contribution is -2.54. The Labute approximate surface area is 163 Å². The van der Waals surface area contributed by atoms with E-state index in [0.717, 1.165) is 23.4 Å². The van der Waals surface area contributed by atoms with E-state index in [1.54, 1.807) is 11.8 Å². The molecule has 3 amide bonds. The average Bonchev–Trinajstić information content (AvgIpc) is 3.24. The average molecular weight is 388 g/mol. The largest absolute Gasteiger partial charge is 0.324 e. The van der Waals surface area contributed by atoms with Gasteiger partial charge in [0.25, 0.3) is 0 Å². The lowest BCUT2D eigenvalue weighted by atomic mass is 9.76. The van der Waals surface area contributed by atoms with Crippen LogP contribution in [-0.2, 0) is 19.9 Å². The highest BCUT2D eigenvalue weighted by molar-refractivity contribution is 7.98. The van der Waals surface area contributed by atoms with Gasteiger partial charge in [0, 0.05) is 23.3 Å². The molecule has 0 radical (unpaired) electrons. The molecule has 3 aliphatic rings. The first kappa shape index (κ1) is 18.5. The Morgan fingerprint density at radius 2 is 1.96 bits per heavy atom. The Balaban J connectivity index is 1.84. The summed E-state index contributed by atoms with van der Waals surface area (Å²) < 4.78 is 0. The van der Waals surface area contributed by atoms with Gasteiger partial charge in [0.2, 0.25) is 17.7 Å². The summed E-state index contributed by atoms with van der Waals surface area (Å²) in [6, 6.07) is 7.13. The number of hydrogen-bond donors (Lipinski definition) is 2. The molecule has 0 aromatic heterocycles. The number of thioether (sulfide) groups is 1. The number of carbonyl (C=O) groups is 3. The Hall–Kier alpha value is -1.86. The van der Waals surface area contributed by atoms with Gasteiger partial charge in [-0.1, -0.05) is 25.1 Å². The highest BCUT2D eigenvalue weighted by Gasteiger charge is 2.70. The fourth-order valence-corrected chi connectivity index (χ4v) is 5.38. The summed E-state index contributed by atoms with van der Waals surface area (Å²) in [6.07, 6.45) is 3.47. The van der Waals surface area contributed by atoms with Crippen molar-refractivity contribution < 1.29 is 14.4 Å². The van der Waals surface area contributed by atoms with E-state index in [1.165, 1.54) is 4.90 Å². The summed E-state index contributed by atoms with van der Waals surface area (Å²) >= 11 is 1.70. The Morgan fingerprint density at radius 3 is 2.67 bits per heavy atom. The molecule has 4 rings (SSSR count). The number of imide groups is 1. The zero-order valence-corrected chi connectivity index (χ0v) is 16.6. The highest BCUT2D eigenvalue weighted by Crippen LogP contribution is 2.53. The van der Waals surface area contributed by atoms with Gasteiger partial charge in [0.1, 0.15) is 5.54 Å². The van der Waals surface area contributed by atoms with E-state index in [4.69, 9.17) is 0 Å². The van der Waals surface area contributed by atoms with Crippen molar-refractivity contribution in [3.63, 3.8) is 0 Å². The molecule has 2 N–H and O–H groups in total. The SMILES string of the molecule is CC[C@H](C)N1C(=O)[C@@H]2[C@H](CCSC)N[C@]3(C(=O)Nc4ccccc43)[C@@H]2C1=O. The zero-order valence-electron chi connectivity index (χ0n) is 15.8. The zero-order chi connectivity index (χ0) is 19.3. The molecule has 0 aliphatic carbocycles. The van der Waals surface area contributed by atoms with E-state index in [9.17, 15) is 14.4 Å². The molecule has 1 aromatic carbocycles. The van der Waals surface area contributed by atoms with Crippen LogP contribution < -0.4 is 10.6 Å². The predicted octanol–water partition coefficient (Wildman–Crippen LogP) is 1.96. The minimum atomic E-state index is -1.15. The summed E-state index contributed by atoms with van der Waals surface area (Å²) in [5.41, 5.74) is 0.351. The van der Waals surface area contributed by atoms with Gasteiger partial charge in [-0.3, -0.25) is 24.6 Å². The summed E-state index contributed by atoms with van der Waals surface area (Å²) in [5.74, 6) is -0.884. The second-order valence-corrected chi connectivity index (χ2v) is 8.63. The molecule has 3 aliphatic heterocycles. The van der Waals surface area contributed by atoms with Gasteiger partial charge in [-0.2, -0.15) is 11.8 Å². The van der Waals surface area contributed by atoms with E-state index in [0.29, 0.717) is 6.42 Å². The molecule has 0 saturated carbocycles. The van der Waals surface area contributed by atoms with E-state index in [1.807, 2.05) is 44.4 Å². The summed E-state index contributed by atoms with van der Waals surface area (Å²) in [5, 5.41) is 6.38. The third kappa shape index (κ3) is 2.41. The van der Waals surface area contributed by atoms with Crippen molar-refractivity contribution in [2.45, 2.75) is 44.3 Å². The van der Waals surface area contributed by atoms with Crippen molar-refractivity contribution in [1.82, 2.24) is 10.2 Å². The number of anilines is 1. The minimum absolute atomic E-state index is 0.132. The maximum Gasteiger partial charge on any atom is 0.250 e. The highest BCUT2D eigenvalue weighted by atomic mass is 32.2. The number of benzene rings is 1. The van der Waals surface area contributed by atoms with Gasteiger partial charge >= 0.3 is 0 Å². The number of rotatable bonds is 5.